The van der Waals surface area contributed by atoms with Crippen LogP contribution in [0.5, 0.6) is 0 Å². The summed E-state index contributed by atoms with van der Waals surface area (Å²) in [5, 5.41) is 3.53. The van der Waals surface area contributed by atoms with Crippen molar-refractivity contribution < 1.29 is 4.74 Å². The SMILES string of the molecule is CN=C(NCCCC1CCCC1)N(C)CCC1CCOCC1.I. The largest absolute Gasteiger partial charge is 0.381 e. The third kappa shape index (κ3) is 8.05. The number of hydrogen-bond acceptors (Lipinski definition) is 2. The van der Waals surface area contributed by atoms with Crippen molar-refractivity contribution in [3.63, 3.8) is 0 Å². The molecule has 1 saturated carbocycles. The summed E-state index contributed by atoms with van der Waals surface area (Å²) >= 11 is 0. The van der Waals surface area contributed by atoms with Gasteiger partial charge in [0.1, 0.15) is 0 Å². The van der Waals surface area contributed by atoms with Gasteiger partial charge in [-0.15, -0.1) is 24.0 Å². The molecule has 0 atom stereocenters. The fourth-order valence-electron chi connectivity index (χ4n) is 3.79. The Morgan fingerprint density at radius 2 is 1.74 bits per heavy atom. The Morgan fingerprint density at radius 1 is 1.09 bits per heavy atom. The van der Waals surface area contributed by atoms with Gasteiger partial charge in [0.15, 0.2) is 5.96 Å². The van der Waals surface area contributed by atoms with E-state index in [1.807, 2.05) is 7.05 Å². The number of nitrogens with one attached hydrogen (secondary N) is 1. The van der Waals surface area contributed by atoms with Crippen molar-refractivity contribution in [1.29, 1.82) is 0 Å². The number of nitrogens with zero attached hydrogens (tertiary/aromatic N) is 2. The van der Waals surface area contributed by atoms with Crippen molar-refractivity contribution in [2.24, 2.45) is 16.8 Å². The number of hydrogen-bond donors (Lipinski definition) is 1. The van der Waals surface area contributed by atoms with Gasteiger partial charge in [0, 0.05) is 40.4 Å². The van der Waals surface area contributed by atoms with Gasteiger partial charge >= 0.3 is 0 Å². The van der Waals surface area contributed by atoms with E-state index < -0.39 is 0 Å². The minimum absolute atomic E-state index is 0. The monoisotopic (exact) mass is 437 g/mol. The van der Waals surface area contributed by atoms with Gasteiger partial charge in [-0.2, -0.15) is 0 Å². The lowest BCUT2D eigenvalue weighted by Gasteiger charge is -2.27. The van der Waals surface area contributed by atoms with Crippen molar-refractivity contribution in [2.75, 3.05) is 40.4 Å². The van der Waals surface area contributed by atoms with Crippen LogP contribution in [0.25, 0.3) is 0 Å². The van der Waals surface area contributed by atoms with E-state index in [4.69, 9.17) is 4.74 Å². The second kappa shape index (κ2) is 12.3. The van der Waals surface area contributed by atoms with Crippen molar-refractivity contribution in [2.45, 2.75) is 57.8 Å². The van der Waals surface area contributed by atoms with Gasteiger partial charge in [-0.25, -0.2) is 0 Å². The first-order valence-corrected chi connectivity index (χ1v) is 9.29. The average Bonchev–Trinajstić information content (AvgIpc) is 3.07. The number of aliphatic imine (C=N–C) groups is 1. The maximum absolute atomic E-state index is 5.43. The molecule has 23 heavy (non-hydrogen) atoms. The van der Waals surface area contributed by atoms with Crippen LogP contribution in [0.15, 0.2) is 4.99 Å². The summed E-state index contributed by atoms with van der Waals surface area (Å²) in [6, 6.07) is 0. The van der Waals surface area contributed by atoms with Crippen molar-refractivity contribution in [1.82, 2.24) is 10.2 Å². The van der Waals surface area contributed by atoms with Crippen LogP contribution in [0, 0.1) is 11.8 Å². The molecule has 1 saturated heterocycles. The molecule has 136 valence electrons. The zero-order valence-electron chi connectivity index (χ0n) is 15.1. The van der Waals surface area contributed by atoms with Crippen LogP contribution in [0.2, 0.25) is 0 Å². The molecule has 1 N–H and O–H groups in total. The first-order valence-electron chi connectivity index (χ1n) is 9.29. The van der Waals surface area contributed by atoms with E-state index in [-0.39, 0.29) is 24.0 Å². The predicted molar refractivity (Wildman–Crippen MR) is 109 cm³/mol. The molecule has 0 aromatic heterocycles. The summed E-state index contributed by atoms with van der Waals surface area (Å²) in [7, 11) is 4.05. The van der Waals surface area contributed by atoms with E-state index in [0.717, 1.165) is 44.1 Å². The van der Waals surface area contributed by atoms with Gasteiger partial charge in [-0.05, 0) is 43.9 Å². The molecule has 0 amide bonds. The number of rotatable bonds is 7. The van der Waals surface area contributed by atoms with E-state index in [0.29, 0.717) is 0 Å². The molecule has 0 aromatic rings. The fourth-order valence-corrected chi connectivity index (χ4v) is 3.79. The van der Waals surface area contributed by atoms with Gasteiger partial charge < -0.3 is 15.0 Å². The molecule has 2 fully saturated rings. The highest BCUT2D eigenvalue weighted by Crippen LogP contribution is 2.28. The van der Waals surface area contributed by atoms with Gasteiger partial charge in [0.05, 0.1) is 0 Å². The lowest BCUT2D eigenvalue weighted by molar-refractivity contribution is 0.0625. The van der Waals surface area contributed by atoms with Crippen molar-refractivity contribution in [3.8, 4) is 0 Å². The normalized spacial score (nSPS) is 20.3. The van der Waals surface area contributed by atoms with Crippen LogP contribution in [0.1, 0.15) is 57.8 Å². The van der Waals surface area contributed by atoms with Gasteiger partial charge in [0.2, 0.25) is 0 Å². The lowest BCUT2D eigenvalue weighted by atomic mass is 9.96. The highest BCUT2D eigenvalue weighted by atomic mass is 127. The molecule has 0 unspecified atom stereocenters. The first kappa shape index (κ1) is 21.0. The third-order valence-electron chi connectivity index (χ3n) is 5.33. The van der Waals surface area contributed by atoms with Gasteiger partial charge in [-0.3, -0.25) is 4.99 Å². The Kier molecular flexibility index (Phi) is 11.3. The Hall–Kier alpha value is -0.0400. The maximum Gasteiger partial charge on any atom is 0.193 e. The van der Waals surface area contributed by atoms with Crippen LogP contribution in [-0.4, -0.2) is 51.3 Å². The van der Waals surface area contributed by atoms with Crippen LogP contribution in [0.3, 0.4) is 0 Å². The minimum Gasteiger partial charge on any atom is -0.381 e. The summed E-state index contributed by atoms with van der Waals surface area (Å²) in [5.41, 5.74) is 0. The van der Waals surface area contributed by atoms with E-state index in [1.54, 1.807) is 0 Å². The van der Waals surface area contributed by atoms with Gasteiger partial charge in [-0.1, -0.05) is 25.7 Å². The second-order valence-corrected chi connectivity index (χ2v) is 7.03. The zero-order chi connectivity index (χ0) is 15.6. The molecule has 0 bridgehead atoms. The molecular weight excluding hydrogens is 401 g/mol. The summed E-state index contributed by atoms with van der Waals surface area (Å²) < 4.78 is 5.43. The van der Waals surface area contributed by atoms with Crippen LogP contribution in [0.4, 0.5) is 0 Å². The molecule has 1 aliphatic carbocycles. The fraction of sp³-hybridized carbons (Fsp3) is 0.944. The van der Waals surface area contributed by atoms with E-state index in [1.165, 1.54) is 57.8 Å². The minimum atomic E-state index is 0. The molecule has 4 nitrogen and oxygen atoms in total. The Labute approximate surface area is 159 Å². The summed E-state index contributed by atoms with van der Waals surface area (Å²) in [4.78, 5) is 6.71. The molecule has 1 heterocycles. The second-order valence-electron chi connectivity index (χ2n) is 7.03. The van der Waals surface area contributed by atoms with Crippen LogP contribution < -0.4 is 5.32 Å². The number of halogens is 1. The summed E-state index contributed by atoms with van der Waals surface area (Å²) in [5.74, 6) is 2.88. The molecule has 0 aromatic carbocycles. The topological polar surface area (TPSA) is 36.9 Å². The highest BCUT2D eigenvalue weighted by Gasteiger charge is 2.16. The summed E-state index contributed by atoms with van der Waals surface area (Å²) in [6.07, 6.45) is 12.2. The molecule has 1 aliphatic heterocycles. The standard InChI is InChI=1S/C18H35N3O.HI/c1-19-18(20-12-5-8-16-6-3-4-7-16)21(2)13-9-17-10-14-22-15-11-17;/h16-17H,3-15H2,1-2H3,(H,19,20);1H. The Bertz CT molecular complexity index is 326. The molecule has 5 heteroatoms. The number of ether oxygens (including phenoxy) is 1. The molecule has 0 radical (unpaired) electrons. The van der Waals surface area contributed by atoms with Crippen LogP contribution in [-0.2, 0) is 4.74 Å². The lowest BCUT2D eigenvalue weighted by Crippen LogP contribution is -2.40. The van der Waals surface area contributed by atoms with E-state index in [9.17, 15) is 0 Å². The molecule has 0 spiro atoms. The smallest absolute Gasteiger partial charge is 0.193 e. The number of guanidine groups is 1. The average molecular weight is 437 g/mol. The molecule has 2 rings (SSSR count). The van der Waals surface area contributed by atoms with E-state index >= 15 is 0 Å². The summed E-state index contributed by atoms with van der Waals surface area (Å²) in [6.45, 7) is 4.04. The third-order valence-corrected chi connectivity index (χ3v) is 5.33. The predicted octanol–water partition coefficient (Wildman–Crippen LogP) is 3.90. The van der Waals surface area contributed by atoms with E-state index in [2.05, 4.69) is 22.3 Å². The molecular formula is C18H36IN3O. The first-order chi connectivity index (χ1) is 10.8. The molecule has 2 aliphatic rings. The van der Waals surface area contributed by atoms with Crippen molar-refractivity contribution in [3.05, 3.63) is 0 Å². The maximum atomic E-state index is 5.43. The van der Waals surface area contributed by atoms with Gasteiger partial charge in [0.25, 0.3) is 0 Å². The van der Waals surface area contributed by atoms with Crippen LogP contribution >= 0.6 is 24.0 Å². The zero-order valence-corrected chi connectivity index (χ0v) is 17.4. The Morgan fingerprint density at radius 3 is 2.39 bits per heavy atom. The highest BCUT2D eigenvalue weighted by molar-refractivity contribution is 14.0. The Balaban J connectivity index is 0.00000264. The quantitative estimate of drug-likeness (QED) is 0.284. The van der Waals surface area contributed by atoms with Crippen molar-refractivity contribution >= 4 is 29.9 Å².